The van der Waals surface area contributed by atoms with Crippen molar-refractivity contribution >= 4 is 40.8 Å². The summed E-state index contributed by atoms with van der Waals surface area (Å²) in [6.07, 6.45) is 1.44. The summed E-state index contributed by atoms with van der Waals surface area (Å²) in [6.45, 7) is 0. The van der Waals surface area contributed by atoms with Crippen LogP contribution in [0.3, 0.4) is 0 Å². The second-order valence-corrected chi connectivity index (χ2v) is 6.70. The number of rotatable bonds is 3. The van der Waals surface area contributed by atoms with Crippen LogP contribution in [0.4, 0.5) is 0 Å². The van der Waals surface area contributed by atoms with E-state index in [1.54, 1.807) is 42.1 Å². The molecule has 0 bridgehead atoms. The number of aromatic hydroxyl groups is 2. The molecule has 0 aliphatic carbocycles. The Hall–Kier alpha value is -2.28. The number of hydrogen-bond acceptors (Lipinski definition) is 5. The van der Waals surface area contributed by atoms with E-state index in [1.165, 1.54) is 23.6 Å². The van der Waals surface area contributed by atoms with Crippen molar-refractivity contribution in [3.63, 3.8) is 0 Å². The van der Waals surface area contributed by atoms with Gasteiger partial charge in [0.1, 0.15) is 0 Å². The van der Waals surface area contributed by atoms with Gasteiger partial charge in [-0.2, -0.15) is 5.10 Å². The minimum absolute atomic E-state index is 0.210. The lowest BCUT2D eigenvalue weighted by atomic mass is 10.2. The van der Waals surface area contributed by atoms with E-state index < -0.39 is 0 Å². The van der Waals surface area contributed by atoms with Gasteiger partial charge in [-0.05, 0) is 30.3 Å². The van der Waals surface area contributed by atoms with Gasteiger partial charge in [0.05, 0.1) is 16.9 Å². The fraction of sp³-hybridized carbons (Fsp3) is 0.0588. The first kappa shape index (κ1) is 17.5. The molecular formula is C17H13Cl2N3O2S. The third-order valence-electron chi connectivity index (χ3n) is 3.44. The Morgan fingerprint density at radius 2 is 1.96 bits per heavy atom. The molecule has 0 amide bonds. The molecular weight excluding hydrogens is 381 g/mol. The Morgan fingerprint density at radius 1 is 1.16 bits per heavy atom. The van der Waals surface area contributed by atoms with Crippen molar-refractivity contribution in [2.24, 2.45) is 10.1 Å². The van der Waals surface area contributed by atoms with E-state index in [-0.39, 0.29) is 11.5 Å². The fourth-order valence-corrected chi connectivity index (χ4v) is 3.40. The maximum absolute atomic E-state index is 9.91. The van der Waals surface area contributed by atoms with Crippen molar-refractivity contribution in [2.75, 3.05) is 7.05 Å². The summed E-state index contributed by atoms with van der Waals surface area (Å²) < 4.78 is 1.60. The van der Waals surface area contributed by atoms with E-state index in [1.807, 2.05) is 5.38 Å². The molecule has 0 spiro atoms. The highest BCUT2D eigenvalue weighted by Crippen LogP contribution is 2.31. The highest BCUT2D eigenvalue weighted by Gasteiger charge is 2.12. The van der Waals surface area contributed by atoms with Crippen LogP contribution in [-0.4, -0.2) is 28.2 Å². The van der Waals surface area contributed by atoms with Crippen LogP contribution in [0.25, 0.3) is 11.3 Å². The molecule has 3 aromatic rings. The first-order valence-electron chi connectivity index (χ1n) is 7.15. The minimum atomic E-state index is -0.237. The fourth-order valence-electron chi connectivity index (χ4n) is 2.21. The van der Waals surface area contributed by atoms with E-state index in [9.17, 15) is 10.2 Å². The van der Waals surface area contributed by atoms with Gasteiger partial charge in [0.2, 0.25) is 4.80 Å². The number of benzene rings is 2. The summed E-state index contributed by atoms with van der Waals surface area (Å²) in [7, 11) is 1.66. The summed E-state index contributed by atoms with van der Waals surface area (Å²) in [5.41, 5.74) is 1.82. The normalized spacial score (nSPS) is 12.2. The molecule has 3 rings (SSSR count). The van der Waals surface area contributed by atoms with Crippen LogP contribution < -0.4 is 4.80 Å². The van der Waals surface area contributed by atoms with Crippen LogP contribution in [0.2, 0.25) is 10.0 Å². The molecule has 1 heterocycles. The second kappa shape index (κ2) is 7.31. The van der Waals surface area contributed by atoms with Crippen molar-refractivity contribution in [1.29, 1.82) is 0 Å². The number of aromatic nitrogens is 1. The molecule has 0 saturated heterocycles. The third-order valence-corrected chi connectivity index (χ3v) is 4.91. The maximum Gasteiger partial charge on any atom is 0.205 e. The number of thiazole rings is 1. The van der Waals surface area contributed by atoms with Gasteiger partial charge in [-0.3, -0.25) is 4.99 Å². The lowest BCUT2D eigenvalue weighted by Gasteiger charge is -2.06. The van der Waals surface area contributed by atoms with Gasteiger partial charge in [0.15, 0.2) is 11.5 Å². The molecule has 8 heteroatoms. The number of hydrogen-bond donors (Lipinski definition) is 2. The molecule has 0 saturated carbocycles. The summed E-state index contributed by atoms with van der Waals surface area (Å²) in [4.78, 5) is 4.84. The SMILES string of the molecule is CN=c1scc(-c2cc(Cl)ccc2Cl)n1N=Cc1cccc(O)c1O. The van der Waals surface area contributed by atoms with Crippen molar-refractivity contribution < 1.29 is 10.2 Å². The maximum atomic E-state index is 9.91. The topological polar surface area (TPSA) is 70.1 Å². The Bertz CT molecular complexity index is 1020. The zero-order valence-corrected chi connectivity index (χ0v) is 15.3. The van der Waals surface area contributed by atoms with Crippen molar-refractivity contribution in [1.82, 2.24) is 4.68 Å². The van der Waals surface area contributed by atoms with Crippen molar-refractivity contribution in [2.45, 2.75) is 0 Å². The van der Waals surface area contributed by atoms with Crippen LogP contribution in [0.15, 0.2) is 51.9 Å². The molecule has 128 valence electrons. The lowest BCUT2D eigenvalue weighted by Crippen LogP contribution is -2.11. The number of phenolic OH excluding ortho intramolecular Hbond substituents is 2. The van der Waals surface area contributed by atoms with Gasteiger partial charge in [-0.1, -0.05) is 29.3 Å². The number of halogens is 2. The monoisotopic (exact) mass is 393 g/mol. The van der Waals surface area contributed by atoms with E-state index >= 15 is 0 Å². The van der Waals surface area contributed by atoms with Crippen LogP contribution in [0.1, 0.15) is 5.56 Å². The lowest BCUT2D eigenvalue weighted by molar-refractivity contribution is 0.403. The molecule has 2 N–H and O–H groups in total. The molecule has 1 aromatic heterocycles. The predicted molar refractivity (Wildman–Crippen MR) is 102 cm³/mol. The molecule has 0 aliphatic heterocycles. The van der Waals surface area contributed by atoms with Gasteiger partial charge in [-0.25, -0.2) is 4.68 Å². The molecule has 2 aromatic carbocycles. The first-order chi connectivity index (χ1) is 12.0. The molecule has 25 heavy (non-hydrogen) atoms. The van der Waals surface area contributed by atoms with Crippen LogP contribution in [0.5, 0.6) is 11.5 Å². The van der Waals surface area contributed by atoms with Crippen molar-refractivity contribution in [3.05, 3.63) is 62.2 Å². The highest BCUT2D eigenvalue weighted by molar-refractivity contribution is 7.07. The number of nitrogens with zero attached hydrogens (tertiary/aromatic N) is 3. The molecule has 0 atom stereocenters. The minimum Gasteiger partial charge on any atom is -0.504 e. The van der Waals surface area contributed by atoms with E-state index in [0.29, 0.717) is 26.1 Å². The quantitative estimate of drug-likeness (QED) is 0.512. The smallest absolute Gasteiger partial charge is 0.205 e. The summed E-state index contributed by atoms with van der Waals surface area (Å²) in [6, 6.07) is 9.84. The van der Waals surface area contributed by atoms with Gasteiger partial charge in [0, 0.05) is 28.6 Å². The summed E-state index contributed by atoms with van der Waals surface area (Å²) >= 11 is 13.8. The van der Waals surface area contributed by atoms with E-state index in [2.05, 4.69) is 10.1 Å². The Labute approximate surface area is 157 Å². The second-order valence-electron chi connectivity index (χ2n) is 5.02. The van der Waals surface area contributed by atoms with Gasteiger partial charge in [0.25, 0.3) is 0 Å². The predicted octanol–water partition coefficient (Wildman–Crippen LogP) is 4.35. The summed E-state index contributed by atoms with van der Waals surface area (Å²) in [5, 5.41) is 26.9. The third kappa shape index (κ3) is 3.56. The molecule has 0 unspecified atom stereocenters. The zero-order chi connectivity index (χ0) is 18.0. The summed E-state index contributed by atoms with van der Waals surface area (Å²) in [5.74, 6) is -0.447. The van der Waals surface area contributed by atoms with E-state index in [0.717, 1.165) is 5.56 Å². The van der Waals surface area contributed by atoms with E-state index in [4.69, 9.17) is 23.2 Å². The Kier molecular flexibility index (Phi) is 5.13. The van der Waals surface area contributed by atoms with Gasteiger partial charge in [-0.15, -0.1) is 11.3 Å². The van der Waals surface area contributed by atoms with Gasteiger partial charge < -0.3 is 10.2 Å². The molecule has 0 radical (unpaired) electrons. The number of phenols is 2. The van der Waals surface area contributed by atoms with Crippen molar-refractivity contribution in [3.8, 4) is 22.8 Å². The number of para-hydroxylation sites is 1. The largest absolute Gasteiger partial charge is 0.504 e. The average molecular weight is 394 g/mol. The Balaban J connectivity index is 2.13. The Morgan fingerprint density at radius 3 is 2.72 bits per heavy atom. The van der Waals surface area contributed by atoms with Crippen LogP contribution in [0, 0.1) is 0 Å². The van der Waals surface area contributed by atoms with Crippen LogP contribution in [-0.2, 0) is 0 Å². The average Bonchev–Trinajstić information content (AvgIpc) is 3.01. The molecule has 0 fully saturated rings. The highest BCUT2D eigenvalue weighted by atomic mass is 35.5. The molecule has 0 aliphatic rings. The zero-order valence-electron chi connectivity index (χ0n) is 13.0. The van der Waals surface area contributed by atoms with Crippen LogP contribution >= 0.6 is 34.5 Å². The first-order valence-corrected chi connectivity index (χ1v) is 8.79. The standard InChI is InChI=1S/C17H13Cl2N3O2S/c1-20-17-22(21-8-10-3-2-4-15(23)16(10)24)14(9-25-17)12-7-11(18)5-6-13(12)19/h2-9,23-24H,1H3. The molecule has 5 nitrogen and oxygen atoms in total. The van der Waals surface area contributed by atoms with Gasteiger partial charge >= 0.3 is 0 Å².